The van der Waals surface area contributed by atoms with Gasteiger partial charge < -0.3 is 30.5 Å². The Bertz CT molecular complexity index is 581. The summed E-state index contributed by atoms with van der Waals surface area (Å²) in [6.45, 7) is 0.709. The van der Waals surface area contributed by atoms with Gasteiger partial charge in [-0.3, -0.25) is 0 Å². The molecule has 24 heavy (non-hydrogen) atoms. The Balaban J connectivity index is 0. The zero-order chi connectivity index (χ0) is 14.8. The topological polar surface area (TPSA) is 26.0 Å². The quantitative estimate of drug-likeness (QED) is 0.375. The van der Waals surface area contributed by atoms with Gasteiger partial charge in [0, 0.05) is 0 Å². The molecule has 0 bridgehead atoms. The van der Waals surface area contributed by atoms with Gasteiger partial charge in [-0.2, -0.15) is 35.9 Å². The molecule has 0 saturated heterocycles. The van der Waals surface area contributed by atoms with Crippen molar-refractivity contribution in [2.45, 2.75) is 6.42 Å². The van der Waals surface area contributed by atoms with Gasteiger partial charge in [0.25, 0.3) is 0 Å². The van der Waals surface area contributed by atoms with Gasteiger partial charge in [0.15, 0.2) is 0 Å². The van der Waals surface area contributed by atoms with Crippen LogP contribution in [0.4, 0.5) is 0 Å². The largest absolute Gasteiger partial charge is 2.00 e. The second-order valence-corrected chi connectivity index (χ2v) is 4.66. The number of hydrogen-bond acceptors (Lipinski definition) is 1. The second kappa shape index (κ2) is 15.4. The van der Waals surface area contributed by atoms with Gasteiger partial charge in [0.05, 0.1) is 0 Å². The second-order valence-electron chi connectivity index (χ2n) is 4.66. The Morgan fingerprint density at radius 2 is 1.12 bits per heavy atom. The third-order valence-electron chi connectivity index (χ3n) is 3.07. The summed E-state index contributed by atoms with van der Waals surface area (Å²) in [6, 6.07) is 31.8. The van der Waals surface area contributed by atoms with Crippen molar-refractivity contribution in [3.63, 3.8) is 0 Å². The molecular formula is C20H20Cl2NPd-. The first kappa shape index (κ1) is 25.1. The molecule has 0 aliphatic carbocycles. The van der Waals surface area contributed by atoms with E-state index in [1.54, 1.807) is 0 Å². The van der Waals surface area contributed by atoms with Gasteiger partial charge in [-0.1, -0.05) is 60.7 Å². The van der Waals surface area contributed by atoms with E-state index in [2.05, 4.69) is 54.6 Å². The molecule has 0 amide bonds. The van der Waals surface area contributed by atoms with Crippen LogP contribution in [0.25, 0.3) is 11.1 Å². The van der Waals surface area contributed by atoms with Gasteiger partial charge >= 0.3 is 20.4 Å². The zero-order valence-electron chi connectivity index (χ0n) is 13.1. The average molecular weight is 452 g/mol. The Labute approximate surface area is 171 Å². The third-order valence-corrected chi connectivity index (χ3v) is 3.07. The van der Waals surface area contributed by atoms with Crippen LogP contribution < -0.4 is 30.5 Å². The van der Waals surface area contributed by atoms with Crippen LogP contribution in [-0.4, -0.2) is 6.54 Å². The van der Waals surface area contributed by atoms with E-state index in [0.29, 0.717) is 6.54 Å². The molecule has 3 aromatic carbocycles. The molecule has 1 nitrogen and oxygen atoms in total. The minimum Gasteiger partial charge on any atom is -1.00 e. The van der Waals surface area contributed by atoms with Crippen LogP contribution >= 0.6 is 0 Å². The molecule has 0 aliphatic rings. The predicted octanol–water partition coefficient (Wildman–Crippen LogP) is -1.65. The smallest absolute Gasteiger partial charge is 1.00 e. The van der Waals surface area contributed by atoms with Crippen molar-refractivity contribution in [1.82, 2.24) is 0 Å². The molecule has 0 unspecified atom stereocenters. The zero-order valence-corrected chi connectivity index (χ0v) is 16.2. The Morgan fingerprint density at radius 1 is 0.667 bits per heavy atom. The monoisotopic (exact) mass is 450 g/mol. The average Bonchev–Trinajstić information content (AvgIpc) is 2.58. The summed E-state index contributed by atoms with van der Waals surface area (Å²) in [5.74, 6) is 0. The number of rotatable bonds is 3. The van der Waals surface area contributed by atoms with E-state index in [9.17, 15) is 0 Å². The molecule has 130 valence electrons. The number of halogens is 2. The number of nitrogens with two attached hydrogens (primary N) is 1. The first-order chi connectivity index (χ1) is 10.4. The van der Waals surface area contributed by atoms with Crippen molar-refractivity contribution >= 4 is 0 Å². The molecule has 4 heteroatoms. The Morgan fingerprint density at radius 3 is 1.50 bits per heavy atom. The van der Waals surface area contributed by atoms with E-state index in [1.807, 2.05) is 36.4 Å². The molecule has 0 saturated carbocycles. The molecule has 2 N–H and O–H groups in total. The van der Waals surface area contributed by atoms with Crippen LogP contribution in [0, 0.1) is 6.07 Å². The fourth-order valence-corrected chi connectivity index (χ4v) is 2.00. The van der Waals surface area contributed by atoms with Crippen molar-refractivity contribution in [3.8, 4) is 11.1 Å². The van der Waals surface area contributed by atoms with Crippen molar-refractivity contribution in [1.29, 1.82) is 0 Å². The van der Waals surface area contributed by atoms with Crippen LogP contribution in [0.1, 0.15) is 5.56 Å². The number of benzene rings is 3. The van der Waals surface area contributed by atoms with Crippen LogP contribution in [0.2, 0.25) is 0 Å². The van der Waals surface area contributed by atoms with Gasteiger partial charge in [0.2, 0.25) is 0 Å². The molecule has 0 aliphatic heterocycles. The maximum absolute atomic E-state index is 5.34. The predicted molar refractivity (Wildman–Crippen MR) is 89.9 cm³/mol. The standard InChI is InChI=1S/C12H10.C8H10N.2ClH.Pd/c1-3-7-11(8-4-1)12-9-5-2-6-10-12;9-7-6-8-4-2-1-3-5-8;;;/h1-10H;1-4H,6-7,9H2;2*1H;/q;-1;;;+2/p-2. The summed E-state index contributed by atoms with van der Waals surface area (Å²) in [4.78, 5) is 0. The van der Waals surface area contributed by atoms with Crippen LogP contribution in [-0.2, 0) is 26.8 Å². The van der Waals surface area contributed by atoms with Crippen molar-refractivity contribution in [3.05, 3.63) is 96.6 Å². The summed E-state index contributed by atoms with van der Waals surface area (Å²) >= 11 is 0. The third kappa shape index (κ3) is 9.23. The summed E-state index contributed by atoms with van der Waals surface area (Å²) in [6.07, 6.45) is 0.931. The van der Waals surface area contributed by atoms with E-state index < -0.39 is 0 Å². The van der Waals surface area contributed by atoms with Gasteiger partial charge in [-0.25, -0.2) is 0 Å². The maximum Gasteiger partial charge on any atom is 2.00 e. The van der Waals surface area contributed by atoms with Crippen LogP contribution in [0.5, 0.6) is 0 Å². The van der Waals surface area contributed by atoms with E-state index in [-0.39, 0.29) is 45.2 Å². The van der Waals surface area contributed by atoms with Gasteiger partial charge in [-0.15, -0.1) is 0 Å². The van der Waals surface area contributed by atoms with E-state index in [1.165, 1.54) is 16.7 Å². The summed E-state index contributed by atoms with van der Waals surface area (Å²) in [5, 5.41) is 0. The summed E-state index contributed by atoms with van der Waals surface area (Å²) < 4.78 is 0. The first-order valence-electron chi connectivity index (χ1n) is 7.16. The fraction of sp³-hybridized carbons (Fsp3) is 0.100. The SMILES string of the molecule is NCCc1[c-]cccc1.[Cl-].[Cl-].[Pd+2].c1ccc(-c2ccccc2)cc1. The first-order valence-corrected chi connectivity index (χ1v) is 7.16. The van der Waals surface area contributed by atoms with Crippen LogP contribution in [0.15, 0.2) is 84.9 Å². The molecule has 0 heterocycles. The maximum atomic E-state index is 5.34. The summed E-state index contributed by atoms with van der Waals surface area (Å²) in [5.41, 5.74) is 9.09. The van der Waals surface area contributed by atoms with Gasteiger partial charge in [0.1, 0.15) is 0 Å². The molecular weight excluding hydrogens is 432 g/mol. The van der Waals surface area contributed by atoms with E-state index >= 15 is 0 Å². The molecule has 0 aromatic heterocycles. The molecule has 0 fully saturated rings. The van der Waals surface area contributed by atoms with Crippen molar-refractivity contribution < 1.29 is 45.2 Å². The number of hydrogen-bond donors (Lipinski definition) is 1. The summed E-state index contributed by atoms with van der Waals surface area (Å²) in [7, 11) is 0. The molecule has 0 atom stereocenters. The molecule has 3 rings (SSSR count). The molecule has 0 radical (unpaired) electrons. The normalized spacial score (nSPS) is 8.38. The van der Waals surface area contributed by atoms with Crippen molar-refractivity contribution in [2.75, 3.05) is 6.54 Å². The van der Waals surface area contributed by atoms with E-state index in [0.717, 1.165) is 6.42 Å². The minimum absolute atomic E-state index is 0. The Hall–Kier alpha value is -1.14. The minimum atomic E-state index is 0. The van der Waals surface area contributed by atoms with E-state index in [4.69, 9.17) is 5.73 Å². The molecule has 3 aromatic rings. The Kier molecular flexibility index (Phi) is 16.1. The molecule has 0 spiro atoms. The van der Waals surface area contributed by atoms with Gasteiger partial charge in [-0.05, 0) is 24.1 Å². The van der Waals surface area contributed by atoms with Crippen molar-refractivity contribution in [2.24, 2.45) is 5.73 Å². The fourth-order valence-electron chi connectivity index (χ4n) is 2.00. The van der Waals surface area contributed by atoms with Crippen LogP contribution in [0.3, 0.4) is 0 Å².